The van der Waals surface area contributed by atoms with E-state index in [0.717, 1.165) is 0 Å². The first-order valence-corrected chi connectivity index (χ1v) is 12.7. The van der Waals surface area contributed by atoms with Crippen LogP contribution in [0.25, 0.3) is 11.1 Å². The van der Waals surface area contributed by atoms with Crippen molar-refractivity contribution in [3.63, 3.8) is 0 Å². The van der Waals surface area contributed by atoms with Crippen molar-refractivity contribution in [3.05, 3.63) is 60.2 Å². The van der Waals surface area contributed by atoms with E-state index < -0.39 is 0 Å². The number of hydrogen-bond acceptors (Lipinski definition) is 0. The molecule has 0 fully saturated rings. The molecule has 0 bridgehead atoms. The van der Waals surface area contributed by atoms with Crippen molar-refractivity contribution in [2.45, 2.75) is 19.8 Å². The number of halogens is 1. The van der Waals surface area contributed by atoms with Crippen LogP contribution >= 0.6 is 13.6 Å². The zero-order chi connectivity index (χ0) is 12.5. The van der Waals surface area contributed by atoms with Gasteiger partial charge in [-0.25, -0.2) is 0 Å². The molecule has 2 rings (SSSR count). The van der Waals surface area contributed by atoms with Crippen molar-refractivity contribution in [1.29, 1.82) is 0 Å². The van der Waals surface area contributed by atoms with Gasteiger partial charge in [0.05, 0.1) is 0 Å². The predicted octanol–water partition coefficient (Wildman–Crippen LogP) is 4.95. The van der Waals surface area contributed by atoms with Gasteiger partial charge in [0.15, 0.2) is 0 Å². The SMILES string of the molecule is CCCc1ccc(-c2cc[c-]cc2)cc1.[Zn+][Br]. The third-order valence-corrected chi connectivity index (χ3v) is 2.54. The maximum atomic E-state index is 3.06. The minimum absolute atomic E-state index is 1.17. The number of benzene rings is 2. The average molecular weight is 341 g/mol. The van der Waals surface area contributed by atoms with Crippen LogP contribution in [-0.2, 0) is 22.8 Å². The summed E-state index contributed by atoms with van der Waals surface area (Å²) in [5.74, 6) is 0. The van der Waals surface area contributed by atoms with E-state index in [4.69, 9.17) is 0 Å². The molecule has 0 N–H and O–H groups in total. The Bertz CT molecular complexity index is 409. The maximum absolute atomic E-state index is 3.06. The molecule has 84 valence electrons. The Morgan fingerprint density at radius 1 is 0.941 bits per heavy atom. The summed E-state index contributed by atoms with van der Waals surface area (Å²) in [6.45, 7) is 2.21. The van der Waals surface area contributed by atoms with Gasteiger partial charge >= 0.3 is 30.0 Å². The van der Waals surface area contributed by atoms with Gasteiger partial charge in [-0.2, -0.15) is 30.3 Å². The van der Waals surface area contributed by atoms with Gasteiger partial charge in [0.25, 0.3) is 0 Å². The Labute approximate surface area is 120 Å². The van der Waals surface area contributed by atoms with Gasteiger partial charge in [-0.15, -0.1) is 5.56 Å². The first-order valence-electron chi connectivity index (χ1n) is 5.72. The summed E-state index contributed by atoms with van der Waals surface area (Å²) < 4.78 is 0. The van der Waals surface area contributed by atoms with E-state index >= 15 is 0 Å². The zero-order valence-electron chi connectivity index (χ0n) is 10.1. The molecular formula is C15H15BrZn. The second kappa shape index (κ2) is 8.61. The van der Waals surface area contributed by atoms with Crippen molar-refractivity contribution in [2.24, 2.45) is 0 Å². The van der Waals surface area contributed by atoms with Gasteiger partial charge in [0.1, 0.15) is 0 Å². The Morgan fingerprint density at radius 2 is 1.47 bits per heavy atom. The van der Waals surface area contributed by atoms with Gasteiger partial charge in [0, 0.05) is 0 Å². The van der Waals surface area contributed by atoms with Crippen molar-refractivity contribution in [1.82, 2.24) is 0 Å². The molecule has 0 radical (unpaired) electrons. The molecule has 0 heterocycles. The van der Waals surface area contributed by atoms with Crippen molar-refractivity contribution in [3.8, 4) is 11.1 Å². The normalized spacial score (nSPS) is 9.41. The van der Waals surface area contributed by atoms with Crippen molar-refractivity contribution < 1.29 is 16.3 Å². The predicted molar refractivity (Wildman–Crippen MR) is 73.6 cm³/mol. The second-order valence-corrected chi connectivity index (χ2v) is 3.74. The van der Waals surface area contributed by atoms with Gasteiger partial charge in [-0.3, -0.25) is 0 Å². The Hall–Kier alpha value is -0.457. The molecule has 0 saturated carbocycles. The summed E-state index contributed by atoms with van der Waals surface area (Å²) in [6.07, 6.45) is 2.38. The number of aryl methyl sites for hydroxylation is 1. The summed E-state index contributed by atoms with van der Waals surface area (Å²) in [7, 11) is 0. The summed E-state index contributed by atoms with van der Waals surface area (Å²) in [5, 5.41) is 0. The van der Waals surface area contributed by atoms with E-state index in [1.807, 2.05) is 12.1 Å². The Kier molecular flexibility index (Phi) is 7.39. The molecule has 17 heavy (non-hydrogen) atoms. The van der Waals surface area contributed by atoms with E-state index in [0.29, 0.717) is 0 Å². The van der Waals surface area contributed by atoms with Crippen LogP contribution in [0.5, 0.6) is 0 Å². The molecule has 0 aliphatic rings. The van der Waals surface area contributed by atoms with Crippen LogP contribution in [0.1, 0.15) is 18.9 Å². The Balaban J connectivity index is 0.000000686. The summed E-state index contributed by atoms with van der Waals surface area (Å²) >= 11 is 4.25. The summed E-state index contributed by atoms with van der Waals surface area (Å²) in [5.41, 5.74) is 3.96. The fraction of sp³-hybridized carbons (Fsp3) is 0.200. The first-order chi connectivity index (χ1) is 8.40. The van der Waals surface area contributed by atoms with Crippen LogP contribution in [-0.4, -0.2) is 0 Å². The second-order valence-electron chi connectivity index (χ2n) is 3.74. The van der Waals surface area contributed by atoms with E-state index in [2.05, 4.69) is 63.0 Å². The molecule has 0 spiro atoms. The van der Waals surface area contributed by atoms with Gasteiger partial charge in [-0.1, -0.05) is 37.6 Å². The Morgan fingerprint density at radius 3 is 2.00 bits per heavy atom. The third-order valence-electron chi connectivity index (χ3n) is 2.54. The number of rotatable bonds is 3. The molecule has 0 aromatic heterocycles. The molecule has 0 unspecified atom stereocenters. The molecule has 0 atom stereocenters. The third kappa shape index (κ3) is 4.73. The van der Waals surface area contributed by atoms with Crippen molar-refractivity contribution in [2.75, 3.05) is 0 Å². The topological polar surface area (TPSA) is 0 Å². The van der Waals surface area contributed by atoms with E-state index in [1.165, 1.54) is 45.9 Å². The van der Waals surface area contributed by atoms with Crippen LogP contribution in [0.4, 0.5) is 0 Å². The van der Waals surface area contributed by atoms with Crippen molar-refractivity contribution >= 4 is 13.6 Å². The van der Waals surface area contributed by atoms with Gasteiger partial charge in [0.2, 0.25) is 0 Å². The molecule has 0 saturated heterocycles. The molecule has 0 amide bonds. The summed E-state index contributed by atoms with van der Waals surface area (Å²) in [6, 6.07) is 20.0. The van der Waals surface area contributed by atoms with E-state index in [-0.39, 0.29) is 0 Å². The van der Waals surface area contributed by atoms with Gasteiger partial charge in [-0.05, 0) is 17.5 Å². The van der Waals surface area contributed by atoms with E-state index in [1.54, 1.807) is 0 Å². The van der Waals surface area contributed by atoms with E-state index in [9.17, 15) is 0 Å². The quantitative estimate of drug-likeness (QED) is 0.548. The molecule has 2 aromatic rings. The summed E-state index contributed by atoms with van der Waals surface area (Å²) in [4.78, 5) is 0. The monoisotopic (exact) mass is 338 g/mol. The standard InChI is InChI=1S/C15H15.BrH.Zn/c1-2-6-13-9-11-15(12-10-13)14-7-4-3-5-8-14;;/h4-5,7-12H,2,6H2,1H3;1H;/q-1;;+2/p-1. The average Bonchev–Trinajstić information content (AvgIpc) is 2.43. The van der Waals surface area contributed by atoms with Crippen LogP contribution in [0.3, 0.4) is 0 Å². The molecule has 0 nitrogen and oxygen atoms in total. The fourth-order valence-electron chi connectivity index (χ4n) is 1.73. The van der Waals surface area contributed by atoms with Crippen LogP contribution in [0.2, 0.25) is 0 Å². The molecular weight excluding hydrogens is 325 g/mol. The van der Waals surface area contributed by atoms with Crippen LogP contribution < -0.4 is 0 Å². The molecule has 0 aliphatic carbocycles. The molecule has 2 heteroatoms. The first kappa shape index (κ1) is 14.6. The van der Waals surface area contributed by atoms with Gasteiger partial charge < -0.3 is 0 Å². The number of hydrogen-bond donors (Lipinski definition) is 0. The minimum atomic E-state index is 1.17. The fourth-order valence-corrected chi connectivity index (χ4v) is 1.73. The molecule has 2 aromatic carbocycles. The van der Waals surface area contributed by atoms with Crippen LogP contribution in [0.15, 0.2) is 48.5 Å². The zero-order valence-corrected chi connectivity index (χ0v) is 14.7. The molecule has 0 aliphatic heterocycles. The van der Waals surface area contributed by atoms with Crippen LogP contribution in [0, 0.1) is 6.07 Å².